The number of methoxy groups -OCH3 is 1. The fourth-order valence-corrected chi connectivity index (χ4v) is 3.74. The first kappa shape index (κ1) is 18.8. The standard InChI is InChI=1S/C18H21N5O3S/c1-5-19-17(25)16-11(2)27-18-21-12(8-15(24)23(16)18)10-22(3)14-7-6-13(26-4)9-20-14/h6-9H,5,10H2,1-4H3,(H,19,25). The molecule has 0 fully saturated rings. The molecule has 0 atom stereocenters. The van der Waals surface area contributed by atoms with E-state index in [1.54, 1.807) is 13.3 Å². The van der Waals surface area contributed by atoms with Crippen LogP contribution >= 0.6 is 11.3 Å². The average molecular weight is 387 g/mol. The van der Waals surface area contributed by atoms with Crippen molar-refractivity contribution in [3.8, 4) is 5.75 Å². The van der Waals surface area contributed by atoms with Crippen molar-refractivity contribution in [2.75, 3.05) is 25.6 Å². The highest BCUT2D eigenvalue weighted by Crippen LogP contribution is 2.21. The van der Waals surface area contributed by atoms with Gasteiger partial charge in [-0.25, -0.2) is 14.4 Å². The summed E-state index contributed by atoms with van der Waals surface area (Å²) in [6, 6.07) is 5.13. The Morgan fingerprint density at radius 2 is 2.19 bits per heavy atom. The van der Waals surface area contributed by atoms with E-state index in [9.17, 15) is 9.59 Å². The predicted molar refractivity (Wildman–Crippen MR) is 105 cm³/mol. The van der Waals surface area contributed by atoms with Gasteiger partial charge < -0.3 is 15.0 Å². The number of aromatic nitrogens is 3. The molecular weight excluding hydrogens is 366 g/mol. The number of carbonyl (C=O) groups excluding carboxylic acids is 1. The van der Waals surface area contributed by atoms with Crippen molar-refractivity contribution in [3.05, 3.63) is 51.0 Å². The third-order valence-corrected chi connectivity index (χ3v) is 5.00. The van der Waals surface area contributed by atoms with E-state index in [0.29, 0.717) is 35.2 Å². The number of anilines is 1. The van der Waals surface area contributed by atoms with Crippen LogP contribution in [-0.2, 0) is 6.54 Å². The molecule has 3 rings (SSSR count). The molecule has 27 heavy (non-hydrogen) atoms. The highest BCUT2D eigenvalue weighted by Gasteiger charge is 2.19. The average Bonchev–Trinajstić information content (AvgIpc) is 2.98. The molecule has 0 unspecified atom stereocenters. The van der Waals surface area contributed by atoms with Crippen LogP contribution in [0, 0.1) is 6.92 Å². The van der Waals surface area contributed by atoms with Crippen LogP contribution in [0.25, 0.3) is 4.96 Å². The highest BCUT2D eigenvalue weighted by atomic mass is 32.1. The second-order valence-electron chi connectivity index (χ2n) is 5.98. The molecule has 0 spiro atoms. The fraction of sp³-hybridized carbons (Fsp3) is 0.333. The molecule has 8 nitrogen and oxygen atoms in total. The number of ether oxygens (including phenoxy) is 1. The van der Waals surface area contributed by atoms with Crippen LogP contribution in [0.15, 0.2) is 29.2 Å². The van der Waals surface area contributed by atoms with Crippen LogP contribution in [-0.4, -0.2) is 41.0 Å². The first-order valence-corrected chi connectivity index (χ1v) is 9.27. The van der Waals surface area contributed by atoms with Crippen LogP contribution in [0.3, 0.4) is 0 Å². The Bertz CT molecular complexity index is 1030. The number of carbonyl (C=O) groups is 1. The number of hydrogen-bond acceptors (Lipinski definition) is 7. The Balaban J connectivity index is 1.92. The minimum absolute atomic E-state index is 0.266. The molecule has 0 aliphatic carbocycles. The minimum atomic E-state index is -0.267. The Labute approximate surface area is 160 Å². The van der Waals surface area contributed by atoms with E-state index < -0.39 is 0 Å². The molecule has 3 heterocycles. The summed E-state index contributed by atoms with van der Waals surface area (Å²) in [5.41, 5.74) is 0.701. The molecular formula is C18H21N5O3S. The molecule has 0 aliphatic rings. The monoisotopic (exact) mass is 387 g/mol. The van der Waals surface area contributed by atoms with E-state index in [4.69, 9.17) is 4.74 Å². The number of hydrogen-bond donors (Lipinski definition) is 1. The normalized spacial score (nSPS) is 10.8. The van der Waals surface area contributed by atoms with E-state index in [2.05, 4.69) is 15.3 Å². The number of thiazole rings is 1. The van der Waals surface area contributed by atoms with Gasteiger partial charge in [0.05, 0.1) is 25.5 Å². The molecule has 0 saturated carbocycles. The maximum atomic E-state index is 12.6. The quantitative estimate of drug-likeness (QED) is 0.694. The second-order valence-corrected chi connectivity index (χ2v) is 7.16. The van der Waals surface area contributed by atoms with Gasteiger partial charge in [-0.2, -0.15) is 0 Å². The van der Waals surface area contributed by atoms with E-state index in [1.807, 2.05) is 37.9 Å². The topological polar surface area (TPSA) is 88.8 Å². The van der Waals surface area contributed by atoms with Gasteiger partial charge in [-0.15, -0.1) is 11.3 Å². The lowest BCUT2D eigenvalue weighted by Crippen LogP contribution is -2.28. The lowest BCUT2D eigenvalue weighted by molar-refractivity contribution is 0.0949. The molecule has 3 aromatic rings. The number of amides is 1. The first-order valence-electron chi connectivity index (χ1n) is 8.46. The van der Waals surface area contributed by atoms with E-state index in [-0.39, 0.29) is 11.5 Å². The summed E-state index contributed by atoms with van der Waals surface area (Å²) in [7, 11) is 3.46. The lowest BCUT2D eigenvalue weighted by Gasteiger charge is -2.17. The van der Waals surface area contributed by atoms with Gasteiger partial charge in [0.25, 0.3) is 11.5 Å². The molecule has 0 bridgehead atoms. The number of nitrogens with zero attached hydrogens (tertiary/aromatic N) is 4. The number of nitrogens with one attached hydrogen (secondary N) is 1. The predicted octanol–water partition coefficient (Wildman–Crippen LogP) is 1.85. The summed E-state index contributed by atoms with van der Waals surface area (Å²) in [6.45, 7) is 4.56. The van der Waals surface area contributed by atoms with Gasteiger partial charge in [0.2, 0.25) is 0 Å². The highest BCUT2D eigenvalue weighted by molar-refractivity contribution is 7.17. The lowest BCUT2D eigenvalue weighted by atomic mass is 10.3. The van der Waals surface area contributed by atoms with Crippen molar-refractivity contribution in [3.63, 3.8) is 0 Å². The van der Waals surface area contributed by atoms with Crippen molar-refractivity contribution < 1.29 is 9.53 Å². The van der Waals surface area contributed by atoms with Gasteiger partial charge in [0, 0.05) is 24.5 Å². The molecule has 9 heteroatoms. The SMILES string of the molecule is CCNC(=O)c1c(C)sc2nc(CN(C)c3ccc(OC)cn3)cc(=O)n12. The Kier molecular flexibility index (Phi) is 5.41. The van der Waals surface area contributed by atoms with Crippen molar-refractivity contribution in [1.82, 2.24) is 19.7 Å². The zero-order chi connectivity index (χ0) is 19.6. The molecule has 1 N–H and O–H groups in total. The number of fused-ring (bicyclic) bond motifs is 1. The summed E-state index contributed by atoms with van der Waals surface area (Å²) in [5.74, 6) is 1.15. The van der Waals surface area contributed by atoms with Crippen LogP contribution < -0.4 is 20.5 Å². The maximum Gasteiger partial charge on any atom is 0.269 e. The molecule has 0 aromatic carbocycles. The summed E-state index contributed by atoms with van der Waals surface area (Å²) in [5, 5.41) is 2.74. The summed E-state index contributed by atoms with van der Waals surface area (Å²) >= 11 is 1.33. The summed E-state index contributed by atoms with van der Waals surface area (Å²) < 4.78 is 6.49. The van der Waals surface area contributed by atoms with Crippen LogP contribution in [0.5, 0.6) is 5.75 Å². The Morgan fingerprint density at radius 3 is 2.81 bits per heavy atom. The largest absolute Gasteiger partial charge is 0.495 e. The fourth-order valence-electron chi connectivity index (χ4n) is 2.75. The number of pyridine rings is 1. The van der Waals surface area contributed by atoms with Crippen molar-refractivity contribution in [2.45, 2.75) is 20.4 Å². The molecule has 0 aliphatic heterocycles. The third kappa shape index (κ3) is 3.77. The van der Waals surface area contributed by atoms with E-state index in [1.165, 1.54) is 21.8 Å². The third-order valence-electron chi connectivity index (χ3n) is 4.04. The molecule has 3 aromatic heterocycles. The van der Waals surface area contributed by atoms with Crippen LogP contribution in [0.1, 0.15) is 28.0 Å². The smallest absolute Gasteiger partial charge is 0.269 e. The van der Waals surface area contributed by atoms with Crippen molar-refractivity contribution >= 4 is 28.0 Å². The number of rotatable bonds is 6. The van der Waals surface area contributed by atoms with Gasteiger partial charge in [0.15, 0.2) is 4.96 Å². The van der Waals surface area contributed by atoms with Gasteiger partial charge in [-0.1, -0.05) is 0 Å². The van der Waals surface area contributed by atoms with Crippen LogP contribution in [0.4, 0.5) is 5.82 Å². The van der Waals surface area contributed by atoms with Gasteiger partial charge in [-0.05, 0) is 26.0 Å². The summed E-state index contributed by atoms with van der Waals surface area (Å²) in [6.07, 6.45) is 1.64. The second kappa shape index (κ2) is 7.75. The molecule has 1 amide bonds. The number of aryl methyl sites for hydroxylation is 1. The molecule has 0 saturated heterocycles. The molecule has 142 valence electrons. The Hall–Kier alpha value is -2.94. The van der Waals surface area contributed by atoms with Crippen molar-refractivity contribution in [1.29, 1.82) is 0 Å². The van der Waals surface area contributed by atoms with Gasteiger partial charge in [0.1, 0.15) is 17.3 Å². The minimum Gasteiger partial charge on any atom is -0.495 e. The van der Waals surface area contributed by atoms with Crippen molar-refractivity contribution in [2.24, 2.45) is 0 Å². The van der Waals surface area contributed by atoms with Gasteiger partial charge >= 0.3 is 0 Å². The van der Waals surface area contributed by atoms with E-state index in [0.717, 1.165) is 10.7 Å². The Morgan fingerprint density at radius 1 is 1.41 bits per heavy atom. The zero-order valence-corrected chi connectivity index (χ0v) is 16.5. The van der Waals surface area contributed by atoms with Gasteiger partial charge in [-0.3, -0.25) is 9.59 Å². The van der Waals surface area contributed by atoms with Crippen LogP contribution in [0.2, 0.25) is 0 Å². The summed E-state index contributed by atoms with van der Waals surface area (Å²) in [4.78, 5) is 37.0. The molecule has 0 radical (unpaired) electrons. The maximum absolute atomic E-state index is 12.6. The zero-order valence-electron chi connectivity index (χ0n) is 15.6. The first-order chi connectivity index (χ1) is 12.9. The van der Waals surface area contributed by atoms with E-state index >= 15 is 0 Å².